The molecule has 3 atom stereocenters. The summed E-state index contributed by atoms with van der Waals surface area (Å²) in [6.07, 6.45) is 4.92. The Hall–Kier alpha value is -2.87. The lowest BCUT2D eigenvalue weighted by atomic mass is 9.90. The summed E-state index contributed by atoms with van der Waals surface area (Å²) in [6.45, 7) is 4.94. The molecule has 0 spiro atoms. The summed E-state index contributed by atoms with van der Waals surface area (Å²) >= 11 is 0. The van der Waals surface area contributed by atoms with Crippen molar-refractivity contribution in [3.05, 3.63) is 52.6 Å². The highest BCUT2D eigenvalue weighted by atomic mass is 16.5. The molecule has 7 heteroatoms. The fourth-order valence-electron chi connectivity index (χ4n) is 4.84. The molecule has 2 aromatic carbocycles. The number of hydrogen-bond acceptors (Lipinski definition) is 6. The number of carbonyl (C=O) groups excluding carboxylic acids is 1. The molecule has 7 nitrogen and oxygen atoms in total. The number of rotatable bonds is 9. The van der Waals surface area contributed by atoms with E-state index in [4.69, 9.17) is 18.9 Å². The van der Waals surface area contributed by atoms with Gasteiger partial charge in [-0.3, -0.25) is 4.79 Å². The van der Waals surface area contributed by atoms with Gasteiger partial charge in [0.05, 0.1) is 45.1 Å². The van der Waals surface area contributed by atoms with Crippen molar-refractivity contribution in [3.8, 4) is 11.5 Å². The number of methoxy groups -OCH3 is 3. The number of benzene rings is 2. The Morgan fingerprint density at radius 1 is 1.09 bits per heavy atom. The van der Waals surface area contributed by atoms with E-state index >= 15 is 0 Å². The monoisotopic (exact) mass is 466 g/mol. The Kier molecular flexibility index (Phi) is 7.88. The molecule has 3 unspecified atom stereocenters. The van der Waals surface area contributed by atoms with Crippen LogP contribution in [0.3, 0.4) is 0 Å². The van der Waals surface area contributed by atoms with Crippen molar-refractivity contribution < 1.29 is 23.7 Å². The van der Waals surface area contributed by atoms with Crippen molar-refractivity contribution in [1.29, 1.82) is 0 Å². The van der Waals surface area contributed by atoms with Gasteiger partial charge in [-0.1, -0.05) is 25.1 Å². The molecule has 0 bridgehead atoms. The van der Waals surface area contributed by atoms with Crippen molar-refractivity contribution in [3.63, 3.8) is 0 Å². The van der Waals surface area contributed by atoms with E-state index in [2.05, 4.69) is 16.7 Å². The molecule has 1 fully saturated rings. The van der Waals surface area contributed by atoms with Gasteiger partial charge in [-0.2, -0.15) is 0 Å². The number of hydrogen-bond donors (Lipinski definition) is 2. The Bertz CT molecular complexity index is 1050. The van der Waals surface area contributed by atoms with E-state index in [-0.39, 0.29) is 17.9 Å². The van der Waals surface area contributed by atoms with Crippen LogP contribution in [0, 0.1) is 11.8 Å². The molecule has 2 heterocycles. The number of nitrogens with one attached hydrogen (secondary N) is 2. The van der Waals surface area contributed by atoms with Crippen LogP contribution >= 0.6 is 0 Å². The van der Waals surface area contributed by atoms with Gasteiger partial charge in [0.2, 0.25) is 5.91 Å². The molecular formula is C27H34N2O5. The largest absolute Gasteiger partial charge is 0.496 e. The van der Waals surface area contributed by atoms with E-state index in [1.54, 1.807) is 21.3 Å². The van der Waals surface area contributed by atoms with Gasteiger partial charge in [0.15, 0.2) is 0 Å². The third-order valence-electron chi connectivity index (χ3n) is 6.74. The topological polar surface area (TPSA) is 78.0 Å². The van der Waals surface area contributed by atoms with Gasteiger partial charge in [-0.25, -0.2) is 0 Å². The highest BCUT2D eigenvalue weighted by Gasteiger charge is 2.33. The van der Waals surface area contributed by atoms with Gasteiger partial charge in [0.1, 0.15) is 11.5 Å². The standard InChI is InChI=1S/C27H34N2O5/c1-17(26(33-4)20-9-10-28-14-20)27(30)29-23-12-18(7-8-24(23)31-2)5-6-19-11-21-15-34-16-22(21)25(13-19)32-3/h5-8,11-13,17,20,26,28H,9-10,14-16H2,1-4H3,(H,29,30)/b6-5-. The lowest BCUT2D eigenvalue weighted by Gasteiger charge is -2.27. The zero-order valence-electron chi connectivity index (χ0n) is 20.4. The summed E-state index contributed by atoms with van der Waals surface area (Å²) in [6, 6.07) is 9.89. The fraction of sp³-hybridized carbons (Fsp3) is 0.444. The van der Waals surface area contributed by atoms with Crippen LogP contribution in [0.5, 0.6) is 11.5 Å². The number of amides is 1. The average Bonchev–Trinajstić information content (AvgIpc) is 3.55. The third kappa shape index (κ3) is 5.27. The summed E-state index contributed by atoms with van der Waals surface area (Å²) in [5, 5.41) is 6.41. The van der Waals surface area contributed by atoms with Gasteiger partial charge < -0.3 is 29.6 Å². The van der Waals surface area contributed by atoms with E-state index in [0.29, 0.717) is 30.6 Å². The zero-order chi connectivity index (χ0) is 24.1. The van der Waals surface area contributed by atoms with Crippen LogP contribution in [0.15, 0.2) is 30.3 Å². The number of carbonyl (C=O) groups is 1. The van der Waals surface area contributed by atoms with E-state index in [1.165, 1.54) is 0 Å². The Morgan fingerprint density at radius 3 is 2.59 bits per heavy atom. The minimum atomic E-state index is -0.292. The minimum Gasteiger partial charge on any atom is -0.496 e. The smallest absolute Gasteiger partial charge is 0.229 e. The molecule has 0 radical (unpaired) electrons. The van der Waals surface area contributed by atoms with Crippen LogP contribution in [0.25, 0.3) is 12.2 Å². The fourth-order valence-corrected chi connectivity index (χ4v) is 4.84. The van der Waals surface area contributed by atoms with Gasteiger partial charge in [-0.05, 0) is 59.8 Å². The van der Waals surface area contributed by atoms with Gasteiger partial charge in [0.25, 0.3) is 0 Å². The van der Waals surface area contributed by atoms with E-state index in [1.807, 2.05) is 43.3 Å². The molecule has 34 heavy (non-hydrogen) atoms. The number of anilines is 1. The van der Waals surface area contributed by atoms with Crippen molar-refractivity contribution in [1.82, 2.24) is 5.32 Å². The first-order valence-corrected chi connectivity index (χ1v) is 11.7. The van der Waals surface area contributed by atoms with Gasteiger partial charge >= 0.3 is 0 Å². The maximum absolute atomic E-state index is 13.1. The summed E-state index contributed by atoms with van der Waals surface area (Å²) < 4.78 is 22.3. The molecule has 0 saturated carbocycles. The quantitative estimate of drug-likeness (QED) is 0.542. The number of fused-ring (bicyclic) bond motifs is 1. The maximum Gasteiger partial charge on any atom is 0.229 e. The van der Waals surface area contributed by atoms with E-state index in [0.717, 1.165) is 47.5 Å². The first kappa shape index (κ1) is 24.3. The molecule has 1 saturated heterocycles. The Balaban J connectivity index is 1.51. The van der Waals surface area contributed by atoms with Crippen LogP contribution in [0.4, 0.5) is 5.69 Å². The molecule has 4 rings (SSSR count). The molecule has 182 valence electrons. The summed E-state index contributed by atoms with van der Waals surface area (Å²) in [5.41, 5.74) is 4.89. The Labute approximate surface area is 201 Å². The first-order valence-electron chi connectivity index (χ1n) is 11.7. The highest BCUT2D eigenvalue weighted by Crippen LogP contribution is 2.32. The van der Waals surface area contributed by atoms with Crippen LogP contribution in [0.1, 0.15) is 35.6 Å². The summed E-state index contributed by atoms with van der Waals surface area (Å²) in [5.74, 6) is 1.42. The molecule has 2 aromatic rings. The molecular weight excluding hydrogens is 432 g/mol. The van der Waals surface area contributed by atoms with Crippen molar-refractivity contribution >= 4 is 23.7 Å². The highest BCUT2D eigenvalue weighted by molar-refractivity contribution is 5.94. The Morgan fingerprint density at radius 2 is 1.88 bits per heavy atom. The lowest BCUT2D eigenvalue weighted by Crippen LogP contribution is -2.38. The predicted octanol–water partition coefficient (Wildman–Crippen LogP) is 4.10. The van der Waals surface area contributed by atoms with Gasteiger partial charge in [-0.15, -0.1) is 0 Å². The van der Waals surface area contributed by atoms with E-state index < -0.39 is 0 Å². The third-order valence-corrected chi connectivity index (χ3v) is 6.74. The van der Waals surface area contributed by atoms with Crippen LogP contribution < -0.4 is 20.1 Å². The average molecular weight is 467 g/mol. The van der Waals surface area contributed by atoms with Crippen LogP contribution in [-0.2, 0) is 27.5 Å². The summed E-state index contributed by atoms with van der Waals surface area (Å²) in [7, 11) is 4.96. The normalized spacial score (nSPS) is 19.1. The molecule has 2 aliphatic rings. The summed E-state index contributed by atoms with van der Waals surface area (Å²) in [4.78, 5) is 13.1. The van der Waals surface area contributed by atoms with Gasteiger partial charge in [0, 0.05) is 19.2 Å². The van der Waals surface area contributed by atoms with Crippen molar-refractivity contribution in [2.24, 2.45) is 11.8 Å². The second kappa shape index (κ2) is 11.0. The second-order valence-corrected chi connectivity index (χ2v) is 8.88. The first-order chi connectivity index (χ1) is 16.5. The molecule has 2 N–H and O–H groups in total. The van der Waals surface area contributed by atoms with Crippen LogP contribution in [0.2, 0.25) is 0 Å². The molecule has 2 aliphatic heterocycles. The lowest BCUT2D eigenvalue weighted by molar-refractivity contribution is -0.125. The molecule has 0 aliphatic carbocycles. The predicted molar refractivity (Wildman–Crippen MR) is 133 cm³/mol. The van der Waals surface area contributed by atoms with Crippen molar-refractivity contribution in [2.45, 2.75) is 32.7 Å². The van der Waals surface area contributed by atoms with E-state index in [9.17, 15) is 4.79 Å². The molecule has 1 amide bonds. The van der Waals surface area contributed by atoms with Crippen LogP contribution in [-0.4, -0.2) is 46.4 Å². The SMILES string of the molecule is COc1ccc(/C=C\c2cc3c(c(OC)c2)COC3)cc1NC(=O)C(C)C(OC)C1CCNC1. The zero-order valence-corrected chi connectivity index (χ0v) is 20.4. The maximum atomic E-state index is 13.1. The second-order valence-electron chi connectivity index (χ2n) is 8.88. The van der Waals surface area contributed by atoms with Crippen molar-refractivity contribution in [2.75, 3.05) is 39.7 Å². The minimum absolute atomic E-state index is 0.0819. The number of ether oxygens (including phenoxy) is 4. The molecule has 0 aromatic heterocycles.